The number of benzene rings is 4. The summed E-state index contributed by atoms with van der Waals surface area (Å²) in [5.41, 5.74) is 4.12. The number of sulfonamides is 1. The average molecular weight is 498 g/mol. The quantitative estimate of drug-likeness (QED) is 0.359. The number of anilines is 3. The lowest BCUT2D eigenvalue weighted by atomic mass is 10.1. The van der Waals surface area contributed by atoms with Gasteiger partial charge in [0.2, 0.25) is 0 Å². The minimum absolute atomic E-state index is 0.173. The molecule has 4 aromatic carbocycles. The van der Waals surface area contributed by atoms with Gasteiger partial charge in [-0.1, -0.05) is 60.2 Å². The summed E-state index contributed by atoms with van der Waals surface area (Å²) < 4.78 is 29.7. The highest BCUT2D eigenvalue weighted by atomic mass is 32.2. The second-order valence-corrected chi connectivity index (χ2v) is 10.8. The van der Waals surface area contributed by atoms with E-state index in [9.17, 15) is 13.2 Å². The maximum atomic E-state index is 14.2. The summed E-state index contributed by atoms with van der Waals surface area (Å²) in [5.74, 6) is -0.272. The van der Waals surface area contributed by atoms with Crippen molar-refractivity contribution >= 4 is 33.0 Å². The Bertz CT molecular complexity index is 1500. The molecule has 0 aromatic heterocycles. The Morgan fingerprint density at radius 3 is 1.94 bits per heavy atom. The molecule has 0 saturated carbocycles. The molecule has 1 aliphatic rings. The maximum Gasteiger partial charge on any atom is 0.266 e. The zero-order valence-corrected chi connectivity index (χ0v) is 21.2. The van der Waals surface area contributed by atoms with Gasteiger partial charge in [0.1, 0.15) is 0 Å². The monoisotopic (exact) mass is 497 g/mol. The molecule has 1 amide bonds. The summed E-state index contributed by atoms with van der Waals surface area (Å²) in [4.78, 5) is 17.6. The third kappa shape index (κ3) is 4.01. The highest BCUT2D eigenvalue weighted by Gasteiger charge is 2.46. The standard InChI is InChI=1S/C29H27N3O3S/c1-21-13-19-25(20-14-21)36(34,35)32-27-12-8-7-11-26(27)31(29(33)23-9-5-4-6-10-23)28(32)22-15-17-24(18-16-22)30(2)3/h4-20,28H,1-3H3/t28-/m0/s1. The largest absolute Gasteiger partial charge is 0.378 e. The van der Waals surface area contributed by atoms with E-state index < -0.39 is 16.2 Å². The number of carbonyl (C=O) groups is 1. The molecule has 0 fully saturated rings. The van der Waals surface area contributed by atoms with Crippen LogP contribution in [0.1, 0.15) is 27.7 Å². The summed E-state index contributed by atoms with van der Waals surface area (Å²) >= 11 is 0. The van der Waals surface area contributed by atoms with Gasteiger partial charge in [-0.05, 0) is 61.0 Å². The van der Waals surface area contributed by atoms with E-state index in [1.54, 1.807) is 71.6 Å². The lowest BCUT2D eigenvalue weighted by molar-refractivity contribution is 0.0980. The molecule has 0 N–H and O–H groups in total. The van der Waals surface area contributed by atoms with Gasteiger partial charge < -0.3 is 4.90 Å². The molecule has 7 heteroatoms. The minimum Gasteiger partial charge on any atom is -0.378 e. The Kier molecular flexibility index (Phi) is 6.02. The molecular formula is C29H27N3O3S. The first-order chi connectivity index (χ1) is 17.3. The van der Waals surface area contributed by atoms with Crippen molar-refractivity contribution in [3.63, 3.8) is 0 Å². The van der Waals surface area contributed by atoms with Gasteiger partial charge >= 0.3 is 0 Å². The third-order valence-electron chi connectivity index (χ3n) is 6.37. The Hall–Kier alpha value is -4.10. The Balaban J connectivity index is 1.73. The van der Waals surface area contributed by atoms with Crippen LogP contribution in [0.5, 0.6) is 0 Å². The molecule has 182 valence electrons. The van der Waals surface area contributed by atoms with Crippen LogP contribution in [0.15, 0.2) is 108 Å². The van der Waals surface area contributed by atoms with Crippen molar-refractivity contribution in [3.05, 3.63) is 120 Å². The van der Waals surface area contributed by atoms with Crippen LogP contribution in [0.4, 0.5) is 17.1 Å². The fourth-order valence-electron chi connectivity index (χ4n) is 4.48. The molecule has 4 aromatic rings. The lowest BCUT2D eigenvalue weighted by Gasteiger charge is -2.32. The predicted molar refractivity (Wildman–Crippen MR) is 144 cm³/mol. The van der Waals surface area contributed by atoms with E-state index in [1.807, 2.05) is 62.3 Å². The van der Waals surface area contributed by atoms with Gasteiger partial charge in [-0.3, -0.25) is 9.69 Å². The number of amides is 1. The van der Waals surface area contributed by atoms with Crippen LogP contribution in [0.25, 0.3) is 0 Å². The van der Waals surface area contributed by atoms with Crippen molar-refractivity contribution in [2.24, 2.45) is 0 Å². The van der Waals surface area contributed by atoms with Crippen molar-refractivity contribution in [2.75, 3.05) is 28.2 Å². The highest BCUT2D eigenvalue weighted by Crippen LogP contribution is 2.49. The summed E-state index contributed by atoms with van der Waals surface area (Å²) in [6.45, 7) is 1.91. The van der Waals surface area contributed by atoms with Gasteiger partial charge in [-0.15, -0.1) is 0 Å². The molecule has 1 aliphatic heterocycles. The van der Waals surface area contributed by atoms with Crippen LogP contribution >= 0.6 is 0 Å². The Labute approximate surface area is 212 Å². The number of carbonyl (C=O) groups excluding carboxylic acids is 1. The highest BCUT2D eigenvalue weighted by molar-refractivity contribution is 7.92. The van der Waals surface area contributed by atoms with Crippen LogP contribution in [0.2, 0.25) is 0 Å². The van der Waals surface area contributed by atoms with Gasteiger partial charge in [0.25, 0.3) is 15.9 Å². The van der Waals surface area contributed by atoms with Crippen LogP contribution in [-0.4, -0.2) is 28.4 Å². The Morgan fingerprint density at radius 2 is 1.33 bits per heavy atom. The molecule has 0 aliphatic carbocycles. The van der Waals surface area contributed by atoms with E-state index in [0.29, 0.717) is 22.5 Å². The number of fused-ring (bicyclic) bond motifs is 1. The predicted octanol–water partition coefficient (Wildman–Crippen LogP) is 5.62. The molecule has 1 heterocycles. The number of hydrogen-bond acceptors (Lipinski definition) is 4. The smallest absolute Gasteiger partial charge is 0.266 e. The lowest BCUT2D eigenvalue weighted by Crippen LogP contribution is -2.42. The van der Waals surface area contributed by atoms with Crippen LogP contribution in [0.3, 0.4) is 0 Å². The first-order valence-electron chi connectivity index (χ1n) is 11.6. The molecule has 0 radical (unpaired) electrons. The van der Waals surface area contributed by atoms with E-state index >= 15 is 0 Å². The summed E-state index contributed by atoms with van der Waals surface area (Å²) in [6.07, 6.45) is -0.891. The molecule has 5 rings (SSSR count). The topological polar surface area (TPSA) is 60.9 Å². The van der Waals surface area contributed by atoms with Crippen molar-refractivity contribution in [2.45, 2.75) is 18.0 Å². The fourth-order valence-corrected chi connectivity index (χ4v) is 6.08. The molecule has 0 unspecified atom stereocenters. The Morgan fingerprint density at radius 1 is 0.750 bits per heavy atom. The third-order valence-corrected chi connectivity index (χ3v) is 8.15. The normalized spacial score (nSPS) is 15.0. The molecule has 36 heavy (non-hydrogen) atoms. The van der Waals surface area contributed by atoms with E-state index in [-0.39, 0.29) is 10.8 Å². The maximum absolute atomic E-state index is 14.2. The SMILES string of the molecule is Cc1ccc(S(=O)(=O)N2c3ccccc3N(C(=O)c3ccccc3)[C@@H]2c2ccc(N(C)C)cc2)cc1. The van der Waals surface area contributed by atoms with Crippen molar-refractivity contribution in [1.29, 1.82) is 0 Å². The molecule has 0 bridgehead atoms. The molecule has 1 atom stereocenters. The number of para-hydroxylation sites is 2. The number of aryl methyl sites for hydroxylation is 1. The van der Waals surface area contributed by atoms with E-state index in [2.05, 4.69) is 0 Å². The van der Waals surface area contributed by atoms with Crippen molar-refractivity contribution < 1.29 is 13.2 Å². The zero-order valence-electron chi connectivity index (χ0n) is 20.4. The molecule has 6 nitrogen and oxygen atoms in total. The molecular weight excluding hydrogens is 470 g/mol. The van der Waals surface area contributed by atoms with Crippen molar-refractivity contribution in [1.82, 2.24) is 0 Å². The van der Waals surface area contributed by atoms with Crippen LogP contribution < -0.4 is 14.1 Å². The molecule has 0 spiro atoms. The second-order valence-electron chi connectivity index (χ2n) is 9.00. The van der Waals surface area contributed by atoms with Gasteiger partial charge in [0, 0.05) is 25.3 Å². The van der Waals surface area contributed by atoms with Gasteiger partial charge in [0.15, 0.2) is 6.17 Å². The van der Waals surface area contributed by atoms with Gasteiger partial charge in [0.05, 0.1) is 16.3 Å². The number of nitrogens with zero attached hydrogens (tertiary/aromatic N) is 3. The summed E-state index contributed by atoms with van der Waals surface area (Å²) in [5, 5.41) is 0. The van der Waals surface area contributed by atoms with Gasteiger partial charge in [-0.25, -0.2) is 12.7 Å². The first kappa shape index (κ1) is 23.6. The molecule has 0 saturated heterocycles. The zero-order chi connectivity index (χ0) is 25.4. The average Bonchev–Trinajstić information content (AvgIpc) is 3.25. The fraction of sp³-hybridized carbons (Fsp3) is 0.138. The number of rotatable bonds is 5. The first-order valence-corrected chi connectivity index (χ1v) is 13.1. The van der Waals surface area contributed by atoms with E-state index in [4.69, 9.17) is 0 Å². The summed E-state index contributed by atoms with van der Waals surface area (Å²) in [7, 11) is -0.124. The second kappa shape index (κ2) is 9.17. The van der Waals surface area contributed by atoms with Gasteiger partial charge in [-0.2, -0.15) is 0 Å². The van der Waals surface area contributed by atoms with E-state index in [0.717, 1.165) is 11.3 Å². The van der Waals surface area contributed by atoms with Crippen LogP contribution in [0, 0.1) is 6.92 Å². The minimum atomic E-state index is -4.01. The van der Waals surface area contributed by atoms with E-state index in [1.165, 1.54) is 4.31 Å². The van der Waals surface area contributed by atoms with Crippen molar-refractivity contribution in [3.8, 4) is 0 Å². The van der Waals surface area contributed by atoms with Crippen LogP contribution in [-0.2, 0) is 10.0 Å². The number of hydrogen-bond donors (Lipinski definition) is 0. The summed E-state index contributed by atoms with van der Waals surface area (Å²) in [6, 6.07) is 30.5.